The van der Waals surface area contributed by atoms with Crippen LogP contribution in [0.15, 0.2) is 30.3 Å². The molecule has 0 fully saturated rings. The zero-order chi connectivity index (χ0) is 13.8. The molecule has 1 atom stereocenters. The van der Waals surface area contributed by atoms with E-state index in [0.717, 1.165) is 22.3 Å². The van der Waals surface area contributed by atoms with Crippen molar-refractivity contribution in [2.24, 2.45) is 0 Å². The van der Waals surface area contributed by atoms with Crippen LogP contribution in [-0.2, 0) is 0 Å². The number of halogens is 2. The standard InChI is InChI=1S/C15H17Cl2NS/c1-3-8-18-15(13-6-7-14(17)19-13)12-9-11(16)5-4-10(12)2/h4-7,9,15,18H,3,8H2,1-2H3. The van der Waals surface area contributed by atoms with Crippen molar-refractivity contribution < 1.29 is 0 Å². The minimum Gasteiger partial charge on any atom is -0.306 e. The first-order chi connectivity index (χ1) is 9.11. The molecule has 2 aromatic rings. The van der Waals surface area contributed by atoms with Gasteiger partial charge in [-0.15, -0.1) is 11.3 Å². The molecule has 19 heavy (non-hydrogen) atoms. The number of hydrogen-bond acceptors (Lipinski definition) is 2. The van der Waals surface area contributed by atoms with E-state index in [2.05, 4.69) is 31.3 Å². The van der Waals surface area contributed by atoms with Gasteiger partial charge in [0.2, 0.25) is 0 Å². The van der Waals surface area contributed by atoms with Gasteiger partial charge >= 0.3 is 0 Å². The Kier molecular flexibility index (Phi) is 5.28. The van der Waals surface area contributed by atoms with E-state index in [1.807, 2.05) is 18.2 Å². The Labute approximate surface area is 128 Å². The van der Waals surface area contributed by atoms with Gasteiger partial charge in [-0.25, -0.2) is 0 Å². The van der Waals surface area contributed by atoms with E-state index in [1.54, 1.807) is 11.3 Å². The molecule has 1 heterocycles. The highest BCUT2D eigenvalue weighted by molar-refractivity contribution is 7.16. The molecule has 1 aromatic heterocycles. The normalized spacial score (nSPS) is 12.6. The van der Waals surface area contributed by atoms with Gasteiger partial charge in [-0.3, -0.25) is 0 Å². The second-order valence-corrected chi connectivity index (χ2v) is 6.71. The predicted molar refractivity (Wildman–Crippen MR) is 85.7 cm³/mol. The summed E-state index contributed by atoms with van der Waals surface area (Å²) >= 11 is 13.8. The van der Waals surface area contributed by atoms with Crippen LogP contribution in [-0.4, -0.2) is 6.54 Å². The number of aryl methyl sites for hydroxylation is 1. The van der Waals surface area contributed by atoms with E-state index in [4.69, 9.17) is 23.2 Å². The molecule has 0 saturated carbocycles. The Morgan fingerprint density at radius 2 is 2.00 bits per heavy atom. The molecule has 0 aliphatic carbocycles. The van der Waals surface area contributed by atoms with E-state index in [9.17, 15) is 0 Å². The van der Waals surface area contributed by atoms with Gasteiger partial charge in [-0.05, 0) is 55.3 Å². The van der Waals surface area contributed by atoms with Gasteiger partial charge in [0, 0.05) is 9.90 Å². The van der Waals surface area contributed by atoms with Crippen molar-refractivity contribution in [3.05, 3.63) is 55.7 Å². The van der Waals surface area contributed by atoms with E-state index < -0.39 is 0 Å². The molecule has 0 radical (unpaired) electrons. The van der Waals surface area contributed by atoms with Gasteiger partial charge in [0.15, 0.2) is 0 Å². The van der Waals surface area contributed by atoms with Crippen LogP contribution in [0.1, 0.15) is 35.4 Å². The molecule has 0 aliphatic heterocycles. The van der Waals surface area contributed by atoms with Crippen LogP contribution in [0.4, 0.5) is 0 Å². The van der Waals surface area contributed by atoms with E-state index in [0.29, 0.717) is 0 Å². The van der Waals surface area contributed by atoms with Crippen molar-refractivity contribution >= 4 is 34.5 Å². The molecule has 0 bridgehead atoms. The van der Waals surface area contributed by atoms with Crippen LogP contribution in [0.25, 0.3) is 0 Å². The minimum absolute atomic E-state index is 0.163. The molecule has 0 aliphatic rings. The average Bonchev–Trinajstić information content (AvgIpc) is 2.80. The van der Waals surface area contributed by atoms with Gasteiger partial charge < -0.3 is 5.32 Å². The van der Waals surface area contributed by atoms with Crippen molar-refractivity contribution in [3.63, 3.8) is 0 Å². The van der Waals surface area contributed by atoms with Crippen LogP contribution in [0.3, 0.4) is 0 Å². The Morgan fingerprint density at radius 1 is 1.21 bits per heavy atom. The average molecular weight is 314 g/mol. The van der Waals surface area contributed by atoms with Gasteiger partial charge in [0.05, 0.1) is 10.4 Å². The van der Waals surface area contributed by atoms with Crippen LogP contribution >= 0.6 is 34.5 Å². The SMILES string of the molecule is CCCNC(c1ccc(Cl)s1)c1cc(Cl)ccc1C. The fourth-order valence-electron chi connectivity index (χ4n) is 2.06. The van der Waals surface area contributed by atoms with E-state index in [1.165, 1.54) is 16.0 Å². The summed E-state index contributed by atoms with van der Waals surface area (Å²) in [6, 6.07) is 10.2. The zero-order valence-electron chi connectivity index (χ0n) is 11.0. The molecule has 102 valence electrons. The summed E-state index contributed by atoms with van der Waals surface area (Å²) in [5.74, 6) is 0. The van der Waals surface area contributed by atoms with Crippen molar-refractivity contribution in [1.29, 1.82) is 0 Å². The highest BCUT2D eigenvalue weighted by Gasteiger charge is 2.17. The number of thiophene rings is 1. The third kappa shape index (κ3) is 3.73. The van der Waals surface area contributed by atoms with Crippen molar-refractivity contribution in [2.45, 2.75) is 26.3 Å². The van der Waals surface area contributed by atoms with Crippen LogP contribution in [0.5, 0.6) is 0 Å². The molecular weight excluding hydrogens is 297 g/mol. The molecular formula is C15H17Cl2NS. The van der Waals surface area contributed by atoms with Crippen LogP contribution in [0, 0.1) is 6.92 Å². The van der Waals surface area contributed by atoms with Gasteiger partial charge in [0.25, 0.3) is 0 Å². The molecule has 2 rings (SSSR count). The highest BCUT2D eigenvalue weighted by Crippen LogP contribution is 2.33. The molecule has 4 heteroatoms. The third-order valence-electron chi connectivity index (χ3n) is 3.03. The first-order valence-corrected chi connectivity index (χ1v) is 7.93. The Hall–Kier alpha value is -0.540. The Balaban J connectivity index is 2.39. The van der Waals surface area contributed by atoms with Crippen LogP contribution < -0.4 is 5.32 Å². The van der Waals surface area contributed by atoms with Crippen molar-refractivity contribution in [3.8, 4) is 0 Å². The third-order valence-corrected chi connectivity index (χ3v) is 4.56. The lowest BCUT2D eigenvalue weighted by molar-refractivity contribution is 0.603. The number of hydrogen-bond donors (Lipinski definition) is 1. The molecule has 0 saturated heterocycles. The van der Waals surface area contributed by atoms with Gasteiger partial charge in [-0.2, -0.15) is 0 Å². The second-order valence-electron chi connectivity index (χ2n) is 4.53. The topological polar surface area (TPSA) is 12.0 Å². The molecule has 1 aromatic carbocycles. The van der Waals surface area contributed by atoms with Gasteiger partial charge in [-0.1, -0.05) is 36.2 Å². The summed E-state index contributed by atoms with van der Waals surface area (Å²) in [5.41, 5.74) is 2.46. The fraction of sp³-hybridized carbons (Fsp3) is 0.333. The monoisotopic (exact) mass is 313 g/mol. The number of rotatable bonds is 5. The molecule has 1 nitrogen and oxygen atoms in total. The summed E-state index contributed by atoms with van der Waals surface area (Å²) in [5, 5.41) is 4.35. The molecule has 1 unspecified atom stereocenters. The summed E-state index contributed by atoms with van der Waals surface area (Å²) in [6.45, 7) is 5.24. The number of benzene rings is 1. The fourth-order valence-corrected chi connectivity index (χ4v) is 3.39. The van der Waals surface area contributed by atoms with Crippen molar-refractivity contribution in [2.75, 3.05) is 6.54 Å². The summed E-state index contributed by atoms with van der Waals surface area (Å²) < 4.78 is 0.818. The second kappa shape index (κ2) is 6.76. The summed E-state index contributed by atoms with van der Waals surface area (Å²) in [6.07, 6.45) is 1.09. The lowest BCUT2D eigenvalue weighted by atomic mass is 10.00. The number of nitrogens with one attached hydrogen (secondary N) is 1. The molecule has 1 N–H and O–H groups in total. The predicted octanol–water partition coefficient (Wildman–Crippen LogP) is 5.45. The molecule has 0 spiro atoms. The van der Waals surface area contributed by atoms with Crippen molar-refractivity contribution in [1.82, 2.24) is 5.32 Å². The molecule has 0 amide bonds. The van der Waals surface area contributed by atoms with E-state index in [-0.39, 0.29) is 6.04 Å². The first kappa shape index (κ1) is 14.9. The lowest BCUT2D eigenvalue weighted by Crippen LogP contribution is -2.23. The van der Waals surface area contributed by atoms with Gasteiger partial charge in [0.1, 0.15) is 0 Å². The highest BCUT2D eigenvalue weighted by atomic mass is 35.5. The lowest BCUT2D eigenvalue weighted by Gasteiger charge is -2.20. The summed E-state index contributed by atoms with van der Waals surface area (Å²) in [4.78, 5) is 1.23. The summed E-state index contributed by atoms with van der Waals surface area (Å²) in [7, 11) is 0. The minimum atomic E-state index is 0.163. The largest absolute Gasteiger partial charge is 0.306 e. The Bertz CT molecular complexity index is 551. The van der Waals surface area contributed by atoms with Crippen LogP contribution in [0.2, 0.25) is 9.36 Å². The quantitative estimate of drug-likeness (QED) is 0.773. The zero-order valence-corrected chi connectivity index (χ0v) is 13.4. The maximum atomic E-state index is 6.14. The smallest absolute Gasteiger partial charge is 0.0931 e. The van der Waals surface area contributed by atoms with E-state index >= 15 is 0 Å². The Morgan fingerprint density at radius 3 is 2.63 bits per heavy atom. The maximum Gasteiger partial charge on any atom is 0.0931 e. The first-order valence-electron chi connectivity index (χ1n) is 6.36. The maximum absolute atomic E-state index is 6.14.